The summed E-state index contributed by atoms with van der Waals surface area (Å²) in [5.74, 6) is 0.0421. The Bertz CT molecular complexity index is 511. The van der Waals surface area contributed by atoms with Gasteiger partial charge in [-0.3, -0.25) is 9.69 Å². The third-order valence-corrected chi connectivity index (χ3v) is 4.01. The second-order valence-electron chi connectivity index (χ2n) is 6.50. The van der Waals surface area contributed by atoms with Crippen LogP contribution in [-0.2, 0) is 20.8 Å². The fourth-order valence-corrected chi connectivity index (χ4v) is 3.12. The van der Waals surface area contributed by atoms with Crippen molar-refractivity contribution >= 4 is 11.6 Å². The highest BCUT2D eigenvalue weighted by molar-refractivity contribution is 5.90. The van der Waals surface area contributed by atoms with Gasteiger partial charge in [-0.15, -0.1) is 0 Å². The standard InChI is InChI=1S/C19H30N2O3/c1-4-23-10-6-9-19(22)20-18-8-5-7-17(11-18)14-21-12-15(2)24-16(3)13-21/h5,7-8,11,15-16H,4,6,9-10,12-14H2,1-3H3,(H,20,22)/t15-,16+. The van der Waals surface area contributed by atoms with Gasteiger partial charge in [-0.2, -0.15) is 0 Å². The van der Waals surface area contributed by atoms with Gasteiger partial charge in [0.05, 0.1) is 12.2 Å². The van der Waals surface area contributed by atoms with E-state index in [9.17, 15) is 4.79 Å². The number of ether oxygens (including phenoxy) is 2. The molecule has 1 aromatic carbocycles. The van der Waals surface area contributed by atoms with E-state index in [1.165, 1.54) is 5.56 Å². The Labute approximate surface area is 145 Å². The lowest BCUT2D eigenvalue weighted by molar-refractivity contribution is -0.116. The number of nitrogens with one attached hydrogen (secondary N) is 1. The third kappa shape index (κ3) is 6.59. The summed E-state index contributed by atoms with van der Waals surface area (Å²) in [6, 6.07) is 8.10. The van der Waals surface area contributed by atoms with Gasteiger partial charge in [-0.1, -0.05) is 12.1 Å². The number of carbonyl (C=O) groups is 1. The summed E-state index contributed by atoms with van der Waals surface area (Å²) >= 11 is 0. The molecule has 0 unspecified atom stereocenters. The summed E-state index contributed by atoms with van der Waals surface area (Å²) in [6.45, 7) is 10.3. The molecule has 134 valence electrons. The summed E-state index contributed by atoms with van der Waals surface area (Å²) in [5, 5.41) is 2.98. The highest BCUT2D eigenvalue weighted by Crippen LogP contribution is 2.17. The van der Waals surface area contributed by atoms with E-state index >= 15 is 0 Å². The van der Waals surface area contributed by atoms with Crippen LogP contribution in [0, 0.1) is 0 Å². The van der Waals surface area contributed by atoms with E-state index in [4.69, 9.17) is 9.47 Å². The molecule has 1 aliphatic rings. The first-order valence-electron chi connectivity index (χ1n) is 8.91. The lowest BCUT2D eigenvalue weighted by Crippen LogP contribution is -2.44. The van der Waals surface area contributed by atoms with Gasteiger partial charge in [-0.25, -0.2) is 0 Å². The minimum atomic E-state index is 0.0421. The summed E-state index contributed by atoms with van der Waals surface area (Å²) in [4.78, 5) is 14.4. The fourth-order valence-electron chi connectivity index (χ4n) is 3.12. The summed E-state index contributed by atoms with van der Waals surface area (Å²) in [7, 11) is 0. The van der Waals surface area contributed by atoms with Gasteiger partial charge in [0, 0.05) is 45.0 Å². The molecule has 0 radical (unpaired) electrons. The number of nitrogens with zero attached hydrogens (tertiary/aromatic N) is 1. The lowest BCUT2D eigenvalue weighted by Gasteiger charge is -2.35. The third-order valence-electron chi connectivity index (χ3n) is 4.01. The average molecular weight is 334 g/mol. The van der Waals surface area contributed by atoms with Crippen LogP contribution < -0.4 is 5.32 Å². The normalized spacial score (nSPS) is 21.6. The van der Waals surface area contributed by atoms with Crippen molar-refractivity contribution in [1.29, 1.82) is 0 Å². The number of hydrogen-bond donors (Lipinski definition) is 1. The summed E-state index contributed by atoms with van der Waals surface area (Å²) in [6.07, 6.45) is 1.77. The molecule has 24 heavy (non-hydrogen) atoms. The van der Waals surface area contributed by atoms with Gasteiger partial charge < -0.3 is 14.8 Å². The number of carbonyl (C=O) groups excluding carboxylic acids is 1. The van der Waals surface area contributed by atoms with Gasteiger partial charge in [0.1, 0.15) is 0 Å². The first-order chi connectivity index (χ1) is 11.6. The maximum Gasteiger partial charge on any atom is 0.224 e. The predicted octanol–water partition coefficient (Wildman–Crippen LogP) is 3.05. The number of morpholine rings is 1. The lowest BCUT2D eigenvalue weighted by atomic mass is 10.1. The molecule has 5 nitrogen and oxygen atoms in total. The molecule has 0 bridgehead atoms. The zero-order valence-corrected chi connectivity index (χ0v) is 15.1. The molecule has 1 aliphatic heterocycles. The van der Waals surface area contributed by atoms with E-state index in [0.29, 0.717) is 19.6 Å². The van der Waals surface area contributed by atoms with Gasteiger partial charge >= 0.3 is 0 Å². The number of rotatable bonds is 8. The minimum Gasteiger partial charge on any atom is -0.382 e. The molecule has 1 N–H and O–H groups in total. The molecular formula is C19H30N2O3. The van der Waals surface area contributed by atoms with Crippen molar-refractivity contribution in [3.05, 3.63) is 29.8 Å². The number of benzene rings is 1. The fraction of sp³-hybridized carbons (Fsp3) is 0.632. The van der Waals surface area contributed by atoms with Crippen LogP contribution in [0.2, 0.25) is 0 Å². The van der Waals surface area contributed by atoms with E-state index in [1.807, 2.05) is 19.1 Å². The van der Waals surface area contributed by atoms with Crippen LogP contribution in [-0.4, -0.2) is 49.3 Å². The Hall–Kier alpha value is -1.43. The molecular weight excluding hydrogens is 304 g/mol. The molecule has 1 heterocycles. The Morgan fingerprint density at radius 1 is 1.33 bits per heavy atom. The van der Waals surface area contributed by atoms with Crippen LogP contribution in [0.3, 0.4) is 0 Å². The zero-order chi connectivity index (χ0) is 17.4. The largest absolute Gasteiger partial charge is 0.382 e. The van der Waals surface area contributed by atoms with Gasteiger partial charge in [-0.05, 0) is 44.9 Å². The van der Waals surface area contributed by atoms with Crippen LogP contribution in [0.4, 0.5) is 5.69 Å². The molecule has 5 heteroatoms. The second-order valence-corrected chi connectivity index (χ2v) is 6.50. The number of anilines is 1. The van der Waals surface area contributed by atoms with Crippen molar-refractivity contribution in [1.82, 2.24) is 4.90 Å². The van der Waals surface area contributed by atoms with Crippen molar-refractivity contribution in [3.8, 4) is 0 Å². The first kappa shape index (κ1) is 18.9. The molecule has 0 spiro atoms. The van der Waals surface area contributed by atoms with Crippen molar-refractivity contribution in [2.75, 3.05) is 31.6 Å². The molecule has 2 atom stereocenters. The Morgan fingerprint density at radius 3 is 2.79 bits per heavy atom. The van der Waals surface area contributed by atoms with E-state index < -0.39 is 0 Å². The SMILES string of the molecule is CCOCCCC(=O)Nc1cccc(CN2C[C@@H](C)O[C@@H](C)C2)c1. The summed E-state index contributed by atoms with van der Waals surface area (Å²) in [5.41, 5.74) is 2.08. The van der Waals surface area contributed by atoms with E-state index in [2.05, 4.69) is 36.2 Å². The van der Waals surface area contributed by atoms with Gasteiger partial charge in [0.15, 0.2) is 0 Å². The highest BCUT2D eigenvalue weighted by atomic mass is 16.5. The van der Waals surface area contributed by atoms with Crippen molar-refractivity contribution in [3.63, 3.8) is 0 Å². The maximum atomic E-state index is 12.0. The first-order valence-corrected chi connectivity index (χ1v) is 8.91. The van der Waals surface area contributed by atoms with Crippen molar-refractivity contribution < 1.29 is 14.3 Å². The van der Waals surface area contributed by atoms with Crippen LogP contribution in [0.15, 0.2) is 24.3 Å². The van der Waals surface area contributed by atoms with Crippen molar-refractivity contribution in [2.24, 2.45) is 0 Å². The van der Waals surface area contributed by atoms with Gasteiger partial charge in [0.2, 0.25) is 5.91 Å². The van der Waals surface area contributed by atoms with Crippen molar-refractivity contribution in [2.45, 2.75) is 52.4 Å². The molecule has 1 fully saturated rings. The molecule has 2 rings (SSSR count). The van der Waals surface area contributed by atoms with E-state index in [0.717, 1.165) is 31.7 Å². The molecule has 0 aliphatic carbocycles. The Kier molecular flexibility index (Phi) is 7.69. The quantitative estimate of drug-likeness (QED) is 0.743. The molecule has 1 aromatic rings. The van der Waals surface area contributed by atoms with Crippen LogP contribution >= 0.6 is 0 Å². The van der Waals surface area contributed by atoms with Crippen LogP contribution in [0.25, 0.3) is 0 Å². The maximum absolute atomic E-state index is 12.0. The minimum absolute atomic E-state index is 0.0421. The Morgan fingerprint density at radius 2 is 2.08 bits per heavy atom. The van der Waals surface area contributed by atoms with E-state index in [1.54, 1.807) is 0 Å². The number of hydrogen-bond acceptors (Lipinski definition) is 4. The topological polar surface area (TPSA) is 50.8 Å². The Balaban J connectivity index is 1.83. The monoisotopic (exact) mass is 334 g/mol. The zero-order valence-electron chi connectivity index (χ0n) is 15.1. The molecule has 0 saturated carbocycles. The molecule has 0 aromatic heterocycles. The van der Waals surface area contributed by atoms with E-state index in [-0.39, 0.29) is 18.1 Å². The smallest absolute Gasteiger partial charge is 0.224 e. The van der Waals surface area contributed by atoms with Gasteiger partial charge in [0.25, 0.3) is 0 Å². The molecule has 1 saturated heterocycles. The second kappa shape index (κ2) is 9.77. The number of amides is 1. The molecule has 1 amide bonds. The van der Waals surface area contributed by atoms with Crippen LogP contribution in [0.1, 0.15) is 39.2 Å². The predicted molar refractivity (Wildman–Crippen MR) is 96.1 cm³/mol. The van der Waals surface area contributed by atoms with Crippen LogP contribution in [0.5, 0.6) is 0 Å². The average Bonchev–Trinajstić information content (AvgIpc) is 2.51. The summed E-state index contributed by atoms with van der Waals surface area (Å²) < 4.78 is 11.0. The highest BCUT2D eigenvalue weighted by Gasteiger charge is 2.22.